The van der Waals surface area contributed by atoms with Crippen LogP contribution in [0.4, 0.5) is 0 Å². The zero-order valence-electron chi connectivity index (χ0n) is 17.2. The number of hydrogen-bond acceptors (Lipinski definition) is 10. The molecule has 1 fully saturated rings. The molecule has 0 N–H and O–H groups in total. The first-order valence-electron chi connectivity index (χ1n) is 9.88. The summed E-state index contributed by atoms with van der Waals surface area (Å²) in [4.78, 5) is 46.9. The Morgan fingerprint density at radius 2 is 1.76 bits per heavy atom. The molecule has 0 radical (unpaired) electrons. The van der Waals surface area contributed by atoms with Crippen LogP contribution in [0.2, 0.25) is 5.02 Å². The van der Waals surface area contributed by atoms with E-state index in [-0.39, 0.29) is 12.4 Å². The lowest BCUT2D eigenvalue weighted by Crippen LogP contribution is -2.17. The van der Waals surface area contributed by atoms with E-state index in [2.05, 4.69) is 14.7 Å². The summed E-state index contributed by atoms with van der Waals surface area (Å²) in [6, 6.07) is 7.15. The van der Waals surface area contributed by atoms with Crippen LogP contribution in [0.1, 0.15) is 28.5 Å². The fourth-order valence-electron chi connectivity index (χ4n) is 4.04. The number of carbonyl (C=O) groups excluding carboxylic acids is 1. The molecule has 1 aromatic carbocycles. The Hall–Kier alpha value is -3.51. The highest BCUT2D eigenvalue weighted by atomic mass is 35.5. The maximum atomic E-state index is 12.9. The van der Waals surface area contributed by atoms with Gasteiger partial charge < -0.3 is 19.1 Å². The van der Waals surface area contributed by atoms with E-state index >= 15 is 0 Å². The van der Waals surface area contributed by atoms with E-state index in [1.807, 2.05) is 12.1 Å². The first kappa shape index (κ1) is 22.7. The fourth-order valence-corrected chi connectivity index (χ4v) is 4.17. The van der Waals surface area contributed by atoms with Gasteiger partial charge in [-0.15, -0.1) is 20.2 Å². The molecule has 0 bridgehead atoms. The van der Waals surface area contributed by atoms with Gasteiger partial charge in [0.2, 0.25) is 0 Å². The smallest absolute Gasteiger partial charge is 0.315 e. The second-order valence-corrected chi connectivity index (χ2v) is 8.10. The van der Waals surface area contributed by atoms with Gasteiger partial charge in [0.1, 0.15) is 19.3 Å². The molecule has 4 atom stereocenters. The van der Waals surface area contributed by atoms with Crippen LogP contribution in [0.5, 0.6) is 5.75 Å². The van der Waals surface area contributed by atoms with Crippen LogP contribution in [0, 0.1) is 44.9 Å². The number of esters is 1. The van der Waals surface area contributed by atoms with Crippen LogP contribution < -0.4 is 4.74 Å². The van der Waals surface area contributed by atoms with Crippen LogP contribution in [0.25, 0.3) is 0 Å². The summed E-state index contributed by atoms with van der Waals surface area (Å²) >= 11 is 5.96. The van der Waals surface area contributed by atoms with Crippen LogP contribution in [-0.2, 0) is 25.8 Å². The van der Waals surface area contributed by atoms with Crippen LogP contribution in [-0.4, -0.2) is 34.3 Å². The molecule has 0 spiro atoms. The highest BCUT2D eigenvalue weighted by Gasteiger charge is 2.57. The average Bonchev–Trinajstić information content (AvgIpc) is 3.31. The second-order valence-electron chi connectivity index (χ2n) is 7.66. The van der Waals surface area contributed by atoms with E-state index < -0.39 is 53.2 Å². The Balaban J connectivity index is 1.52. The summed E-state index contributed by atoms with van der Waals surface area (Å²) in [5, 5.41) is 19.6. The first-order valence-corrected chi connectivity index (χ1v) is 10.3. The van der Waals surface area contributed by atoms with Gasteiger partial charge in [-0.1, -0.05) is 23.7 Å². The van der Waals surface area contributed by atoms with Crippen molar-refractivity contribution in [3.63, 3.8) is 0 Å². The summed E-state index contributed by atoms with van der Waals surface area (Å²) in [5.74, 6) is -2.60. The number of carbonyl (C=O) groups is 1. The molecule has 0 amide bonds. The molecule has 1 aliphatic heterocycles. The summed E-state index contributed by atoms with van der Waals surface area (Å²) < 4.78 is 11.5. The summed E-state index contributed by atoms with van der Waals surface area (Å²) in [5.41, 5.74) is 2.71. The quantitative estimate of drug-likeness (QED) is 0.298. The maximum absolute atomic E-state index is 12.9. The number of aromatic nitrogens is 1. The number of halogens is 1. The van der Waals surface area contributed by atoms with Gasteiger partial charge in [-0.05, 0) is 24.6 Å². The van der Waals surface area contributed by atoms with Crippen molar-refractivity contribution in [1.82, 2.24) is 4.98 Å². The molecule has 2 heterocycles. The molecule has 4 rings (SSSR count). The van der Waals surface area contributed by atoms with Gasteiger partial charge in [-0.2, -0.15) is 0 Å². The standard InChI is InChI=1S/C20H18ClN3O9/c1-10-18(16-7-30-19(13(16)6-22-10)11-2-4-12(21)5-3-11)33-20(25)17-14(8-31-23(26)27)15(17)9-32-24(28)29/h2-6,14-15,17,19H,7-9H2,1H3/t14-,15+,17+,19?. The van der Waals surface area contributed by atoms with E-state index in [1.165, 1.54) is 0 Å². The molecule has 0 saturated heterocycles. The topological polar surface area (TPSA) is 153 Å². The van der Waals surface area contributed by atoms with Gasteiger partial charge in [0.15, 0.2) is 5.75 Å². The van der Waals surface area contributed by atoms with Gasteiger partial charge in [0.25, 0.3) is 10.2 Å². The molecule has 13 heteroatoms. The number of fused-ring (bicyclic) bond motifs is 1. The number of aryl methyl sites for hydroxylation is 1. The molecular formula is C20H18ClN3O9. The minimum atomic E-state index is -0.988. The van der Waals surface area contributed by atoms with Gasteiger partial charge >= 0.3 is 5.97 Å². The van der Waals surface area contributed by atoms with Gasteiger partial charge in [-0.3, -0.25) is 9.78 Å². The largest absolute Gasteiger partial charge is 0.424 e. The molecule has 2 aliphatic rings. The maximum Gasteiger partial charge on any atom is 0.315 e. The Labute approximate surface area is 191 Å². The monoisotopic (exact) mass is 479 g/mol. The predicted octanol–water partition coefficient (Wildman–Crippen LogP) is 2.85. The van der Waals surface area contributed by atoms with E-state index in [0.717, 1.165) is 11.1 Å². The lowest BCUT2D eigenvalue weighted by atomic mass is 10.0. The molecule has 33 heavy (non-hydrogen) atoms. The van der Waals surface area contributed by atoms with Crippen molar-refractivity contribution in [2.75, 3.05) is 13.2 Å². The summed E-state index contributed by atoms with van der Waals surface area (Å²) in [7, 11) is 0. The molecule has 1 aromatic heterocycles. The van der Waals surface area contributed by atoms with E-state index in [0.29, 0.717) is 16.3 Å². The lowest BCUT2D eigenvalue weighted by Gasteiger charge is -2.13. The first-order chi connectivity index (χ1) is 15.8. The molecule has 12 nitrogen and oxygen atoms in total. The van der Waals surface area contributed by atoms with Crippen molar-refractivity contribution in [3.05, 3.63) is 78.1 Å². The van der Waals surface area contributed by atoms with Crippen molar-refractivity contribution in [1.29, 1.82) is 0 Å². The van der Waals surface area contributed by atoms with Crippen molar-refractivity contribution in [3.8, 4) is 5.75 Å². The number of benzene rings is 1. The zero-order valence-corrected chi connectivity index (χ0v) is 18.0. The third-order valence-electron chi connectivity index (χ3n) is 5.75. The van der Waals surface area contributed by atoms with E-state index in [1.54, 1.807) is 25.3 Å². The van der Waals surface area contributed by atoms with Gasteiger partial charge in [0.05, 0.1) is 18.2 Å². The second kappa shape index (κ2) is 9.16. The van der Waals surface area contributed by atoms with Crippen molar-refractivity contribution >= 4 is 17.6 Å². The number of nitrogens with zero attached hydrogens (tertiary/aromatic N) is 3. The minimum Gasteiger partial charge on any atom is -0.424 e. The molecule has 174 valence electrons. The predicted molar refractivity (Wildman–Crippen MR) is 109 cm³/mol. The number of pyridine rings is 1. The van der Waals surface area contributed by atoms with Gasteiger partial charge in [0, 0.05) is 34.2 Å². The molecule has 1 saturated carbocycles. The van der Waals surface area contributed by atoms with E-state index in [9.17, 15) is 25.0 Å². The van der Waals surface area contributed by atoms with Crippen LogP contribution in [0.3, 0.4) is 0 Å². The minimum absolute atomic E-state index is 0.182. The van der Waals surface area contributed by atoms with E-state index in [4.69, 9.17) is 21.1 Å². The van der Waals surface area contributed by atoms with Crippen molar-refractivity contribution in [2.45, 2.75) is 19.6 Å². The third kappa shape index (κ3) is 4.81. The summed E-state index contributed by atoms with van der Waals surface area (Å²) in [6.45, 7) is 1.06. The lowest BCUT2D eigenvalue weighted by molar-refractivity contribution is -0.761. The highest BCUT2D eigenvalue weighted by Crippen LogP contribution is 2.48. The molecule has 2 aromatic rings. The highest BCUT2D eigenvalue weighted by molar-refractivity contribution is 6.30. The summed E-state index contributed by atoms with van der Waals surface area (Å²) in [6.07, 6.45) is 1.25. The molecular weight excluding hydrogens is 462 g/mol. The normalized spacial score (nSPS) is 22.8. The SMILES string of the molecule is Cc1ncc2c(c1OC(=O)[C@H]1[C@H](CO[N+](=O)[O-])[C@@H]1CO[N+](=O)[O-])COC2c1ccc(Cl)cc1. The number of hydrogen-bond donors (Lipinski definition) is 0. The Morgan fingerprint density at radius 1 is 1.15 bits per heavy atom. The molecule has 1 unspecified atom stereocenters. The van der Waals surface area contributed by atoms with Crippen molar-refractivity contribution < 1.29 is 34.1 Å². The Kier molecular flexibility index (Phi) is 6.29. The van der Waals surface area contributed by atoms with Crippen LogP contribution >= 0.6 is 11.6 Å². The molecule has 1 aliphatic carbocycles. The van der Waals surface area contributed by atoms with Crippen molar-refractivity contribution in [2.24, 2.45) is 17.8 Å². The number of ether oxygens (including phenoxy) is 2. The fraction of sp³-hybridized carbons (Fsp3) is 0.400. The van der Waals surface area contributed by atoms with Gasteiger partial charge in [-0.25, -0.2) is 0 Å². The average molecular weight is 480 g/mol. The zero-order chi connectivity index (χ0) is 23.7. The Bertz CT molecular complexity index is 1070. The van der Waals surface area contributed by atoms with Crippen LogP contribution in [0.15, 0.2) is 30.5 Å². The third-order valence-corrected chi connectivity index (χ3v) is 6.00. The Morgan fingerprint density at radius 3 is 2.33 bits per heavy atom. The number of rotatable bonds is 9.